The van der Waals surface area contributed by atoms with E-state index >= 15 is 0 Å². The highest BCUT2D eigenvalue weighted by Gasteiger charge is 2.25. The average molecular weight is 411 g/mol. The van der Waals surface area contributed by atoms with Gasteiger partial charge in [-0.2, -0.15) is 0 Å². The lowest BCUT2D eigenvalue weighted by molar-refractivity contribution is 0.0725. The van der Waals surface area contributed by atoms with Crippen LogP contribution in [0.3, 0.4) is 0 Å². The van der Waals surface area contributed by atoms with E-state index in [1.807, 2.05) is 0 Å². The maximum absolute atomic E-state index is 14.1. The number of nitrogens with one attached hydrogen (secondary N) is 1. The lowest BCUT2D eigenvalue weighted by atomic mass is 10.1. The number of piperidine rings is 1. The van der Waals surface area contributed by atoms with Crippen LogP contribution < -0.4 is 4.72 Å². The third kappa shape index (κ3) is 4.42. The van der Waals surface area contributed by atoms with Gasteiger partial charge in [0.05, 0.1) is 11.3 Å². The first kappa shape index (κ1) is 19.6. The Balaban J connectivity index is 1.97. The number of likely N-dealkylation sites (tertiary alicyclic amines) is 1. The van der Waals surface area contributed by atoms with Crippen LogP contribution in [0.5, 0.6) is 0 Å². The molecule has 1 amide bonds. The number of hydrogen-bond acceptors (Lipinski definition) is 3. The average Bonchev–Trinajstić information content (AvgIpc) is 2.63. The summed E-state index contributed by atoms with van der Waals surface area (Å²) in [6.45, 7) is 2.92. The highest BCUT2D eigenvalue weighted by atomic mass is 35.5. The monoisotopic (exact) mass is 410 g/mol. The molecule has 0 spiro atoms. The second-order valence-electron chi connectivity index (χ2n) is 6.58. The highest BCUT2D eigenvalue weighted by Crippen LogP contribution is 2.27. The minimum Gasteiger partial charge on any atom is -0.339 e. The molecule has 0 atom stereocenters. The SMILES string of the molecule is Cc1ccc(F)c(S(=O)(=O)Nc2cc(Cl)ccc2C(=O)N2CCCCC2)c1. The molecular formula is C19H20ClFN2O3S. The minimum atomic E-state index is -4.22. The zero-order valence-corrected chi connectivity index (χ0v) is 16.4. The van der Waals surface area contributed by atoms with Crippen LogP contribution in [0.4, 0.5) is 10.1 Å². The molecule has 0 radical (unpaired) electrons. The van der Waals surface area contributed by atoms with Crippen LogP contribution in [-0.2, 0) is 10.0 Å². The fraction of sp³-hybridized carbons (Fsp3) is 0.316. The normalized spacial score (nSPS) is 14.9. The predicted octanol–water partition coefficient (Wildman–Crippen LogP) is 4.21. The van der Waals surface area contributed by atoms with Gasteiger partial charge in [-0.05, 0) is 62.1 Å². The second kappa shape index (κ2) is 7.86. The summed E-state index contributed by atoms with van der Waals surface area (Å²) in [5.74, 6) is -1.13. The van der Waals surface area contributed by atoms with Crippen LogP contribution in [0.1, 0.15) is 35.2 Å². The maximum atomic E-state index is 14.1. The quantitative estimate of drug-likeness (QED) is 0.820. The molecule has 0 unspecified atom stereocenters. The Bertz CT molecular complexity index is 973. The summed E-state index contributed by atoms with van der Waals surface area (Å²) in [4.78, 5) is 14.1. The third-order valence-electron chi connectivity index (χ3n) is 4.48. The number of carbonyl (C=O) groups excluding carboxylic acids is 1. The molecule has 0 saturated carbocycles. The third-order valence-corrected chi connectivity index (χ3v) is 6.09. The van der Waals surface area contributed by atoms with E-state index in [1.165, 1.54) is 30.3 Å². The van der Waals surface area contributed by atoms with Crippen LogP contribution in [0, 0.1) is 12.7 Å². The summed E-state index contributed by atoms with van der Waals surface area (Å²) in [5, 5.41) is 0.271. The molecule has 8 heteroatoms. The van der Waals surface area contributed by atoms with Crippen molar-refractivity contribution in [3.63, 3.8) is 0 Å². The fourth-order valence-electron chi connectivity index (χ4n) is 3.07. The molecule has 1 heterocycles. The number of benzene rings is 2. The lowest BCUT2D eigenvalue weighted by Crippen LogP contribution is -2.36. The Morgan fingerprint density at radius 2 is 1.81 bits per heavy atom. The Labute approximate surface area is 163 Å². The Kier molecular flexibility index (Phi) is 5.72. The smallest absolute Gasteiger partial charge is 0.264 e. The first-order valence-electron chi connectivity index (χ1n) is 8.66. The second-order valence-corrected chi connectivity index (χ2v) is 8.67. The predicted molar refractivity (Wildman–Crippen MR) is 103 cm³/mol. The number of aryl methyl sites for hydroxylation is 1. The largest absolute Gasteiger partial charge is 0.339 e. The van der Waals surface area contributed by atoms with Gasteiger partial charge >= 0.3 is 0 Å². The summed E-state index contributed by atoms with van der Waals surface area (Å²) in [7, 11) is -4.22. The molecule has 27 heavy (non-hydrogen) atoms. The molecule has 0 bridgehead atoms. The van der Waals surface area contributed by atoms with Crippen LogP contribution in [-0.4, -0.2) is 32.3 Å². The van der Waals surface area contributed by atoms with Crippen molar-refractivity contribution in [3.8, 4) is 0 Å². The van der Waals surface area contributed by atoms with E-state index in [4.69, 9.17) is 11.6 Å². The van der Waals surface area contributed by atoms with E-state index in [-0.39, 0.29) is 22.2 Å². The molecule has 3 rings (SSSR count). The topological polar surface area (TPSA) is 66.5 Å². The minimum absolute atomic E-state index is 0.0407. The van der Waals surface area contributed by atoms with Gasteiger partial charge in [0.15, 0.2) is 0 Å². The van der Waals surface area contributed by atoms with Gasteiger partial charge in [-0.15, -0.1) is 0 Å². The van der Waals surface area contributed by atoms with Crippen molar-refractivity contribution >= 4 is 33.2 Å². The van der Waals surface area contributed by atoms with Crippen LogP contribution >= 0.6 is 11.6 Å². The Morgan fingerprint density at radius 1 is 1.11 bits per heavy atom. The molecule has 1 aliphatic heterocycles. The van der Waals surface area contributed by atoms with E-state index in [1.54, 1.807) is 11.8 Å². The molecular weight excluding hydrogens is 391 g/mol. The zero-order chi connectivity index (χ0) is 19.6. The number of nitrogens with zero attached hydrogens (tertiary/aromatic N) is 1. The number of amides is 1. The molecule has 0 aromatic heterocycles. The van der Waals surface area contributed by atoms with Crippen molar-refractivity contribution < 1.29 is 17.6 Å². The van der Waals surface area contributed by atoms with Crippen molar-refractivity contribution in [2.24, 2.45) is 0 Å². The standard InChI is InChI=1S/C19H20ClFN2O3S/c1-13-5-8-16(21)18(11-13)27(25,26)22-17-12-14(20)6-7-15(17)19(24)23-9-3-2-4-10-23/h5-8,11-12,22H,2-4,9-10H2,1H3. The van der Waals surface area contributed by atoms with Crippen molar-refractivity contribution in [1.82, 2.24) is 4.90 Å². The van der Waals surface area contributed by atoms with E-state index in [2.05, 4.69) is 4.72 Å². The number of anilines is 1. The fourth-order valence-corrected chi connectivity index (χ4v) is 4.48. The van der Waals surface area contributed by atoms with Gasteiger partial charge in [0, 0.05) is 18.1 Å². The summed E-state index contributed by atoms with van der Waals surface area (Å²) >= 11 is 6.00. The molecule has 1 saturated heterocycles. The number of halogens is 2. The van der Waals surface area contributed by atoms with Gasteiger partial charge in [0.2, 0.25) is 0 Å². The van der Waals surface area contributed by atoms with E-state index in [0.717, 1.165) is 25.3 Å². The Hall–Kier alpha value is -2.12. The summed E-state index contributed by atoms with van der Waals surface area (Å²) < 4.78 is 41.8. The van der Waals surface area contributed by atoms with E-state index < -0.39 is 20.7 Å². The maximum Gasteiger partial charge on any atom is 0.264 e. The van der Waals surface area contributed by atoms with Crippen molar-refractivity contribution in [2.45, 2.75) is 31.1 Å². The molecule has 1 aliphatic rings. The number of rotatable bonds is 4. The summed E-state index contributed by atoms with van der Waals surface area (Å²) in [5.41, 5.74) is 0.837. The van der Waals surface area contributed by atoms with E-state index in [0.29, 0.717) is 18.7 Å². The van der Waals surface area contributed by atoms with Crippen molar-refractivity contribution in [1.29, 1.82) is 0 Å². The van der Waals surface area contributed by atoms with Gasteiger partial charge < -0.3 is 4.90 Å². The summed E-state index contributed by atoms with van der Waals surface area (Å²) in [6.07, 6.45) is 2.89. The first-order chi connectivity index (χ1) is 12.8. The summed E-state index contributed by atoms with van der Waals surface area (Å²) in [6, 6.07) is 8.21. The molecule has 1 N–H and O–H groups in total. The Morgan fingerprint density at radius 3 is 2.52 bits per heavy atom. The molecule has 2 aromatic rings. The molecule has 5 nitrogen and oxygen atoms in total. The molecule has 2 aromatic carbocycles. The first-order valence-corrected chi connectivity index (χ1v) is 10.5. The van der Waals surface area contributed by atoms with Crippen molar-refractivity contribution in [2.75, 3.05) is 17.8 Å². The molecule has 144 valence electrons. The number of hydrogen-bond donors (Lipinski definition) is 1. The van der Waals surface area contributed by atoms with Crippen LogP contribution in [0.15, 0.2) is 41.3 Å². The van der Waals surface area contributed by atoms with E-state index in [9.17, 15) is 17.6 Å². The highest BCUT2D eigenvalue weighted by molar-refractivity contribution is 7.92. The molecule has 0 aliphatic carbocycles. The van der Waals surface area contributed by atoms with Gasteiger partial charge in [-0.3, -0.25) is 9.52 Å². The van der Waals surface area contributed by atoms with Crippen molar-refractivity contribution in [3.05, 3.63) is 58.4 Å². The number of sulfonamides is 1. The zero-order valence-electron chi connectivity index (χ0n) is 14.8. The van der Waals surface area contributed by atoms with Gasteiger partial charge in [-0.1, -0.05) is 17.7 Å². The van der Waals surface area contributed by atoms with Crippen LogP contribution in [0.25, 0.3) is 0 Å². The van der Waals surface area contributed by atoms with Gasteiger partial charge in [0.1, 0.15) is 10.7 Å². The lowest BCUT2D eigenvalue weighted by Gasteiger charge is -2.27. The van der Waals surface area contributed by atoms with Gasteiger partial charge in [-0.25, -0.2) is 12.8 Å². The van der Waals surface area contributed by atoms with Crippen LogP contribution in [0.2, 0.25) is 5.02 Å². The van der Waals surface area contributed by atoms with Gasteiger partial charge in [0.25, 0.3) is 15.9 Å². The molecule has 1 fully saturated rings. The number of carbonyl (C=O) groups is 1.